The smallest absolute Gasteiger partial charge is 0.129 e. The van der Waals surface area contributed by atoms with E-state index in [9.17, 15) is 0 Å². The summed E-state index contributed by atoms with van der Waals surface area (Å²) in [5, 5.41) is 4.00. The van der Waals surface area contributed by atoms with Gasteiger partial charge in [0.25, 0.3) is 0 Å². The Morgan fingerprint density at radius 3 is 2.90 bits per heavy atom. The van der Waals surface area contributed by atoms with Crippen LogP contribution in [0.25, 0.3) is 11.3 Å². The van der Waals surface area contributed by atoms with E-state index in [2.05, 4.69) is 57.4 Å². The molecule has 0 bridgehead atoms. The summed E-state index contributed by atoms with van der Waals surface area (Å²) in [6.45, 7) is 6.86. The van der Waals surface area contributed by atoms with Crippen LogP contribution >= 0.6 is 34.2 Å². The van der Waals surface area contributed by atoms with Crippen LogP contribution in [0.3, 0.4) is 0 Å². The zero-order chi connectivity index (χ0) is 14.8. The maximum absolute atomic E-state index is 6.12. The fraction of sp³-hybridized carbons (Fsp3) is 0.438. The molecule has 1 saturated heterocycles. The first-order valence-corrected chi connectivity index (χ1v) is 8.67. The van der Waals surface area contributed by atoms with Gasteiger partial charge in [-0.05, 0) is 52.1 Å². The number of nitrogens with one attached hydrogen (secondary N) is 1. The van der Waals surface area contributed by atoms with E-state index < -0.39 is 0 Å². The number of nitrogens with zero attached hydrogens (tertiary/aromatic N) is 2. The molecule has 1 N–H and O–H groups in total. The molecule has 1 atom stereocenters. The topological polar surface area (TPSA) is 39.8 Å². The van der Waals surface area contributed by atoms with Gasteiger partial charge in [-0.3, -0.25) is 0 Å². The molecule has 1 unspecified atom stereocenters. The Morgan fingerprint density at radius 2 is 2.19 bits per heavy atom. The Hall–Kier alpha value is -0.590. The fourth-order valence-corrected chi connectivity index (χ4v) is 4.07. The molecule has 2 aliphatic rings. The van der Waals surface area contributed by atoms with E-state index >= 15 is 0 Å². The van der Waals surface area contributed by atoms with E-state index in [4.69, 9.17) is 11.6 Å². The minimum atomic E-state index is 0.331. The van der Waals surface area contributed by atoms with E-state index in [1.165, 1.54) is 22.5 Å². The molecular formula is C16H17ClIN3. The Bertz CT molecular complexity index is 731. The van der Waals surface area contributed by atoms with Crippen LogP contribution in [0.2, 0.25) is 5.15 Å². The van der Waals surface area contributed by atoms with Gasteiger partial charge in [-0.2, -0.15) is 0 Å². The van der Waals surface area contributed by atoms with E-state index in [-0.39, 0.29) is 0 Å². The molecule has 2 aromatic rings. The maximum Gasteiger partial charge on any atom is 0.129 e. The van der Waals surface area contributed by atoms with Crippen molar-refractivity contribution in [2.24, 2.45) is 5.41 Å². The van der Waals surface area contributed by atoms with Crippen LogP contribution in [0.1, 0.15) is 31.1 Å². The van der Waals surface area contributed by atoms with Crippen molar-refractivity contribution in [2.75, 3.05) is 6.54 Å². The van der Waals surface area contributed by atoms with Gasteiger partial charge in [0.15, 0.2) is 0 Å². The summed E-state index contributed by atoms with van der Waals surface area (Å²) in [6.07, 6.45) is 3.00. The summed E-state index contributed by atoms with van der Waals surface area (Å²) in [7, 11) is 0. The van der Waals surface area contributed by atoms with E-state index in [0.29, 0.717) is 16.6 Å². The van der Waals surface area contributed by atoms with Gasteiger partial charge < -0.3 is 9.88 Å². The molecular weight excluding hydrogens is 397 g/mol. The number of rotatable bonds is 2. The van der Waals surface area contributed by atoms with Gasteiger partial charge in [0.05, 0.1) is 0 Å². The molecule has 0 saturated carbocycles. The first-order chi connectivity index (χ1) is 9.94. The second kappa shape index (κ2) is 4.70. The monoisotopic (exact) mass is 413 g/mol. The molecule has 3 nitrogen and oxygen atoms in total. The lowest BCUT2D eigenvalue weighted by Crippen LogP contribution is -2.13. The van der Waals surface area contributed by atoms with Crippen LogP contribution in [-0.2, 0) is 13.0 Å². The highest BCUT2D eigenvalue weighted by Gasteiger charge is 2.37. The molecule has 1 fully saturated rings. The molecule has 0 spiro atoms. The normalized spacial score (nSPS) is 22.4. The van der Waals surface area contributed by atoms with Crippen molar-refractivity contribution in [3.05, 3.63) is 38.3 Å². The molecule has 0 aliphatic carbocycles. The zero-order valence-electron chi connectivity index (χ0n) is 12.1. The quantitative estimate of drug-likeness (QED) is 0.459. The standard InChI is InChI=1S/C16H17ClIN3/c1-16(2)5-14-10(12-7-19-12)3-13(21(14)8-16)9-4-15(17)20-6-11(9)18/h3-4,6,12,19H,5,7-8H2,1-2H3. The highest BCUT2D eigenvalue weighted by molar-refractivity contribution is 14.1. The zero-order valence-corrected chi connectivity index (χ0v) is 15.0. The summed E-state index contributed by atoms with van der Waals surface area (Å²) in [5.74, 6) is 0. The van der Waals surface area contributed by atoms with Crippen molar-refractivity contribution in [3.63, 3.8) is 0 Å². The van der Waals surface area contributed by atoms with Gasteiger partial charge in [-0.25, -0.2) is 4.98 Å². The number of hydrogen-bond acceptors (Lipinski definition) is 2. The minimum Gasteiger partial charge on any atom is -0.344 e. The van der Waals surface area contributed by atoms with Gasteiger partial charge in [0.1, 0.15) is 5.15 Å². The average molecular weight is 414 g/mol. The van der Waals surface area contributed by atoms with Crippen molar-refractivity contribution in [2.45, 2.75) is 32.9 Å². The summed E-state index contributed by atoms with van der Waals surface area (Å²) in [5.41, 5.74) is 5.78. The Morgan fingerprint density at radius 1 is 1.43 bits per heavy atom. The largest absolute Gasteiger partial charge is 0.344 e. The molecule has 0 radical (unpaired) electrons. The molecule has 0 amide bonds. The molecule has 4 heterocycles. The molecule has 2 aliphatic heterocycles. The first-order valence-electron chi connectivity index (χ1n) is 7.22. The summed E-state index contributed by atoms with van der Waals surface area (Å²) >= 11 is 8.47. The lowest BCUT2D eigenvalue weighted by atomic mass is 9.89. The van der Waals surface area contributed by atoms with Gasteiger partial charge in [-0.15, -0.1) is 0 Å². The third-order valence-corrected chi connectivity index (χ3v) is 5.42. The van der Waals surface area contributed by atoms with Crippen LogP contribution in [0, 0.1) is 8.99 Å². The number of aromatic nitrogens is 2. The van der Waals surface area contributed by atoms with Crippen molar-refractivity contribution >= 4 is 34.2 Å². The molecule has 4 rings (SSSR count). The first kappa shape index (κ1) is 14.0. The van der Waals surface area contributed by atoms with E-state index in [1.54, 1.807) is 0 Å². The highest BCUT2D eigenvalue weighted by atomic mass is 127. The summed E-state index contributed by atoms with van der Waals surface area (Å²) in [6, 6.07) is 4.88. The van der Waals surface area contributed by atoms with E-state index in [1.807, 2.05) is 12.3 Å². The lowest BCUT2D eigenvalue weighted by Gasteiger charge is -2.17. The second-order valence-electron chi connectivity index (χ2n) is 6.81. The van der Waals surface area contributed by atoms with Gasteiger partial charge in [0, 0.05) is 45.8 Å². The number of hydrogen-bond donors (Lipinski definition) is 1. The number of pyridine rings is 1. The highest BCUT2D eigenvalue weighted by Crippen LogP contribution is 2.43. The van der Waals surface area contributed by atoms with Gasteiger partial charge >= 0.3 is 0 Å². The molecule has 0 aromatic carbocycles. The third kappa shape index (κ3) is 2.41. The second-order valence-corrected chi connectivity index (χ2v) is 8.36. The SMILES string of the molecule is CC1(C)Cc2c(C3CN3)cc(-c3cc(Cl)ncc3I)n2C1. The summed E-state index contributed by atoms with van der Waals surface area (Å²) in [4.78, 5) is 4.18. The molecule has 2 aromatic heterocycles. The van der Waals surface area contributed by atoms with Crippen molar-refractivity contribution in [3.8, 4) is 11.3 Å². The van der Waals surface area contributed by atoms with Crippen LogP contribution < -0.4 is 5.32 Å². The number of fused-ring (bicyclic) bond motifs is 1. The summed E-state index contributed by atoms with van der Waals surface area (Å²) < 4.78 is 3.64. The average Bonchev–Trinajstić information content (AvgIpc) is 3.12. The minimum absolute atomic E-state index is 0.331. The van der Waals surface area contributed by atoms with Crippen LogP contribution in [0.15, 0.2) is 18.3 Å². The van der Waals surface area contributed by atoms with E-state index in [0.717, 1.165) is 23.1 Å². The van der Waals surface area contributed by atoms with Crippen molar-refractivity contribution in [1.82, 2.24) is 14.9 Å². The molecule has 110 valence electrons. The van der Waals surface area contributed by atoms with Crippen LogP contribution in [-0.4, -0.2) is 16.1 Å². The number of halogens is 2. The third-order valence-electron chi connectivity index (χ3n) is 4.36. The molecule has 21 heavy (non-hydrogen) atoms. The fourth-order valence-electron chi connectivity index (χ4n) is 3.34. The maximum atomic E-state index is 6.12. The van der Waals surface area contributed by atoms with Crippen molar-refractivity contribution in [1.29, 1.82) is 0 Å². The Balaban J connectivity index is 1.90. The Labute approximate surface area is 143 Å². The van der Waals surface area contributed by atoms with Crippen LogP contribution in [0.4, 0.5) is 0 Å². The Kier molecular flexibility index (Phi) is 3.14. The van der Waals surface area contributed by atoms with Crippen molar-refractivity contribution < 1.29 is 0 Å². The van der Waals surface area contributed by atoms with Crippen LogP contribution in [0.5, 0.6) is 0 Å². The van der Waals surface area contributed by atoms with Gasteiger partial charge in [-0.1, -0.05) is 25.4 Å². The molecule has 5 heteroatoms. The predicted molar refractivity (Wildman–Crippen MR) is 93.6 cm³/mol. The van der Waals surface area contributed by atoms with Gasteiger partial charge in [0.2, 0.25) is 0 Å². The predicted octanol–water partition coefficient (Wildman–Crippen LogP) is 4.03. The lowest BCUT2D eigenvalue weighted by molar-refractivity contribution is 0.360.